The average molecular weight is 169 g/mol. The van der Waals surface area contributed by atoms with Crippen LogP contribution < -0.4 is 0 Å². The minimum Gasteiger partial charge on any atom is -0.372 e. The molecular formula is C9H15NO2. The second kappa shape index (κ2) is 4.93. The second-order valence-electron chi connectivity index (χ2n) is 2.74. The zero-order chi connectivity index (χ0) is 8.81. The third-order valence-corrected chi connectivity index (χ3v) is 1.84. The molecular weight excluding hydrogens is 154 g/mol. The number of amides is 1. The topological polar surface area (TPSA) is 29.5 Å². The Morgan fingerprint density at radius 1 is 1.58 bits per heavy atom. The van der Waals surface area contributed by atoms with Crippen molar-refractivity contribution in [3.63, 3.8) is 0 Å². The smallest absolute Gasteiger partial charge is 0.248 e. The lowest BCUT2D eigenvalue weighted by Gasteiger charge is -2.22. The summed E-state index contributed by atoms with van der Waals surface area (Å²) in [5, 5.41) is 0. The van der Waals surface area contributed by atoms with Crippen molar-refractivity contribution in [2.45, 2.75) is 13.3 Å². The lowest BCUT2D eigenvalue weighted by atomic mass is 10.2. The zero-order valence-electron chi connectivity index (χ0n) is 7.45. The van der Waals surface area contributed by atoms with Crippen LogP contribution in [0.15, 0.2) is 12.2 Å². The van der Waals surface area contributed by atoms with Crippen molar-refractivity contribution in [1.29, 1.82) is 0 Å². The maximum Gasteiger partial charge on any atom is 0.248 e. The van der Waals surface area contributed by atoms with E-state index in [0.29, 0.717) is 6.61 Å². The third-order valence-electron chi connectivity index (χ3n) is 1.84. The van der Waals surface area contributed by atoms with Gasteiger partial charge in [-0.05, 0) is 13.3 Å². The highest BCUT2D eigenvalue weighted by molar-refractivity contribution is 5.77. The highest BCUT2D eigenvalue weighted by Crippen LogP contribution is 2.01. The average Bonchev–Trinajstić information content (AvgIpc) is 2.15. The van der Waals surface area contributed by atoms with Gasteiger partial charge < -0.3 is 9.64 Å². The molecule has 0 spiro atoms. The predicted octanol–water partition coefficient (Wildman–Crippen LogP) is 0.811. The normalized spacial score (nSPS) is 16.6. The summed E-state index contributed by atoms with van der Waals surface area (Å²) in [4.78, 5) is 13.1. The predicted molar refractivity (Wildman–Crippen MR) is 46.8 cm³/mol. The van der Waals surface area contributed by atoms with Crippen LogP contribution in [0.5, 0.6) is 0 Å². The first kappa shape index (κ1) is 9.26. The van der Waals surface area contributed by atoms with Crippen LogP contribution in [0.2, 0.25) is 0 Å². The molecule has 0 unspecified atom stereocenters. The molecule has 1 heterocycles. The largest absolute Gasteiger partial charge is 0.372 e. The van der Waals surface area contributed by atoms with E-state index in [0.717, 1.165) is 19.5 Å². The van der Waals surface area contributed by atoms with Gasteiger partial charge in [-0.2, -0.15) is 0 Å². The standard InChI is InChI=1S/C9H15NO2/c1-2-12-8-9(11)10-6-4-3-5-7-10/h3-4H,2,5-8H2,1H3. The van der Waals surface area contributed by atoms with Gasteiger partial charge in [0.25, 0.3) is 0 Å². The fraction of sp³-hybridized carbons (Fsp3) is 0.667. The van der Waals surface area contributed by atoms with Gasteiger partial charge in [0.05, 0.1) is 0 Å². The van der Waals surface area contributed by atoms with Gasteiger partial charge in [-0.1, -0.05) is 12.2 Å². The molecule has 0 atom stereocenters. The fourth-order valence-corrected chi connectivity index (χ4v) is 1.15. The Morgan fingerprint density at radius 2 is 2.42 bits per heavy atom. The summed E-state index contributed by atoms with van der Waals surface area (Å²) in [7, 11) is 0. The van der Waals surface area contributed by atoms with Crippen molar-refractivity contribution in [3.05, 3.63) is 12.2 Å². The Hall–Kier alpha value is -0.830. The van der Waals surface area contributed by atoms with Gasteiger partial charge in [-0.15, -0.1) is 0 Å². The van der Waals surface area contributed by atoms with Gasteiger partial charge in [0, 0.05) is 19.7 Å². The van der Waals surface area contributed by atoms with Crippen molar-refractivity contribution in [3.8, 4) is 0 Å². The summed E-state index contributed by atoms with van der Waals surface area (Å²) in [6.07, 6.45) is 5.09. The molecule has 0 aliphatic carbocycles. The van der Waals surface area contributed by atoms with E-state index in [1.54, 1.807) is 0 Å². The molecule has 68 valence electrons. The third kappa shape index (κ3) is 2.66. The first-order valence-corrected chi connectivity index (χ1v) is 4.35. The summed E-state index contributed by atoms with van der Waals surface area (Å²) in [5.74, 6) is 0.0983. The second-order valence-corrected chi connectivity index (χ2v) is 2.74. The molecule has 0 fully saturated rings. The van der Waals surface area contributed by atoms with Crippen molar-refractivity contribution in [1.82, 2.24) is 4.90 Å². The van der Waals surface area contributed by atoms with Gasteiger partial charge in [0.2, 0.25) is 5.91 Å². The molecule has 0 radical (unpaired) electrons. The highest BCUT2D eigenvalue weighted by atomic mass is 16.5. The van der Waals surface area contributed by atoms with Crippen LogP contribution in [0.4, 0.5) is 0 Å². The summed E-state index contributed by atoms with van der Waals surface area (Å²) in [6.45, 7) is 4.30. The number of nitrogens with zero attached hydrogens (tertiary/aromatic N) is 1. The van der Waals surface area contributed by atoms with Crippen molar-refractivity contribution < 1.29 is 9.53 Å². The fourth-order valence-electron chi connectivity index (χ4n) is 1.15. The SMILES string of the molecule is CCOCC(=O)N1CC=CCC1. The molecule has 0 N–H and O–H groups in total. The van der Waals surface area contributed by atoms with Crippen LogP contribution in [0.25, 0.3) is 0 Å². The van der Waals surface area contributed by atoms with E-state index in [1.807, 2.05) is 17.9 Å². The molecule has 3 heteroatoms. The Balaban J connectivity index is 2.26. The van der Waals surface area contributed by atoms with Gasteiger partial charge in [0.1, 0.15) is 6.61 Å². The quantitative estimate of drug-likeness (QED) is 0.585. The van der Waals surface area contributed by atoms with Crippen LogP contribution in [-0.4, -0.2) is 37.1 Å². The van der Waals surface area contributed by atoms with E-state index in [1.165, 1.54) is 0 Å². The van der Waals surface area contributed by atoms with E-state index in [-0.39, 0.29) is 12.5 Å². The van der Waals surface area contributed by atoms with E-state index >= 15 is 0 Å². The monoisotopic (exact) mass is 169 g/mol. The van der Waals surface area contributed by atoms with Crippen LogP contribution in [0, 0.1) is 0 Å². The van der Waals surface area contributed by atoms with Gasteiger partial charge in [-0.25, -0.2) is 0 Å². The lowest BCUT2D eigenvalue weighted by molar-refractivity contribution is -0.135. The number of hydrogen-bond acceptors (Lipinski definition) is 2. The minimum absolute atomic E-state index is 0.0983. The molecule has 1 aliphatic rings. The van der Waals surface area contributed by atoms with E-state index in [9.17, 15) is 4.79 Å². The Morgan fingerprint density at radius 3 is 3.00 bits per heavy atom. The maximum atomic E-state index is 11.3. The van der Waals surface area contributed by atoms with Crippen molar-refractivity contribution >= 4 is 5.91 Å². The number of ether oxygens (including phenoxy) is 1. The molecule has 3 nitrogen and oxygen atoms in total. The Bertz CT molecular complexity index is 177. The molecule has 1 amide bonds. The van der Waals surface area contributed by atoms with Crippen LogP contribution >= 0.6 is 0 Å². The highest BCUT2D eigenvalue weighted by Gasteiger charge is 2.12. The molecule has 0 bridgehead atoms. The first-order valence-electron chi connectivity index (χ1n) is 4.35. The molecule has 0 aromatic heterocycles. The molecule has 12 heavy (non-hydrogen) atoms. The lowest BCUT2D eigenvalue weighted by Crippen LogP contribution is -2.36. The Kier molecular flexibility index (Phi) is 3.80. The zero-order valence-corrected chi connectivity index (χ0v) is 7.45. The summed E-state index contributed by atoms with van der Waals surface area (Å²) < 4.78 is 5.03. The number of rotatable bonds is 3. The maximum absolute atomic E-state index is 11.3. The molecule has 1 aliphatic heterocycles. The molecule has 0 saturated heterocycles. The van der Waals surface area contributed by atoms with Gasteiger partial charge in [-0.3, -0.25) is 4.79 Å². The first-order chi connectivity index (χ1) is 5.84. The summed E-state index contributed by atoms with van der Waals surface area (Å²) >= 11 is 0. The summed E-state index contributed by atoms with van der Waals surface area (Å²) in [6, 6.07) is 0. The molecule has 1 rings (SSSR count). The number of carbonyl (C=O) groups excluding carboxylic acids is 1. The number of carbonyl (C=O) groups is 1. The van der Waals surface area contributed by atoms with Gasteiger partial charge in [0.15, 0.2) is 0 Å². The summed E-state index contributed by atoms with van der Waals surface area (Å²) in [5.41, 5.74) is 0. The van der Waals surface area contributed by atoms with Crippen LogP contribution in [-0.2, 0) is 9.53 Å². The Labute approximate surface area is 73.0 Å². The molecule has 0 saturated carbocycles. The van der Waals surface area contributed by atoms with E-state index in [2.05, 4.69) is 6.08 Å². The van der Waals surface area contributed by atoms with Crippen LogP contribution in [0.3, 0.4) is 0 Å². The minimum atomic E-state index is 0.0983. The number of hydrogen-bond donors (Lipinski definition) is 0. The van der Waals surface area contributed by atoms with Crippen molar-refractivity contribution in [2.75, 3.05) is 26.3 Å². The molecule has 0 aromatic rings. The van der Waals surface area contributed by atoms with Gasteiger partial charge >= 0.3 is 0 Å². The van der Waals surface area contributed by atoms with E-state index < -0.39 is 0 Å². The van der Waals surface area contributed by atoms with Crippen LogP contribution in [0.1, 0.15) is 13.3 Å². The van der Waals surface area contributed by atoms with Crippen molar-refractivity contribution in [2.24, 2.45) is 0 Å². The van der Waals surface area contributed by atoms with E-state index in [4.69, 9.17) is 4.74 Å². The molecule has 0 aromatic carbocycles.